The number of methoxy groups -OCH3 is 1. The van der Waals surface area contributed by atoms with Gasteiger partial charge in [0.05, 0.1) is 23.4 Å². The first-order chi connectivity index (χ1) is 15.3. The van der Waals surface area contributed by atoms with Crippen molar-refractivity contribution < 1.29 is 17.9 Å². The molecule has 32 heavy (non-hydrogen) atoms. The number of ether oxygens (including phenoxy) is 1. The number of nitrogens with zero attached hydrogens (tertiary/aromatic N) is 1. The summed E-state index contributed by atoms with van der Waals surface area (Å²) in [5.41, 5.74) is 2.79. The first-order valence-electron chi connectivity index (χ1n) is 10.1. The fourth-order valence-electron chi connectivity index (χ4n) is 3.17. The van der Waals surface area contributed by atoms with Crippen molar-refractivity contribution in [2.24, 2.45) is 0 Å². The van der Waals surface area contributed by atoms with E-state index < -0.39 is 22.5 Å². The largest absolute Gasteiger partial charge is 0.495 e. The highest BCUT2D eigenvalue weighted by molar-refractivity contribution is 9.10. The Labute approximate surface area is 197 Å². The van der Waals surface area contributed by atoms with Gasteiger partial charge in [-0.25, -0.2) is 8.42 Å². The number of rotatable bonds is 8. The van der Waals surface area contributed by atoms with Crippen LogP contribution in [0.2, 0.25) is 0 Å². The van der Waals surface area contributed by atoms with Crippen molar-refractivity contribution in [3.05, 3.63) is 82.3 Å². The molecule has 6 nitrogen and oxygen atoms in total. The maximum absolute atomic E-state index is 13.6. The zero-order chi connectivity index (χ0) is 23.3. The zero-order valence-electron chi connectivity index (χ0n) is 18.1. The third-order valence-corrected chi connectivity index (χ3v) is 7.43. The Hall–Kier alpha value is -2.84. The normalized spacial score (nSPS) is 11.1. The summed E-state index contributed by atoms with van der Waals surface area (Å²) < 4.78 is 34.5. The van der Waals surface area contributed by atoms with Crippen LogP contribution in [-0.4, -0.2) is 28.0 Å². The number of benzene rings is 3. The molecular formula is C24H25BrN2O4S. The van der Waals surface area contributed by atoms with Gasteiger partial charge in [-0.2, -0.15) is 0 Å². The Balaban J connectivity index is 2.04. The van der Waals surface area contributed by atoms with Crippen molar-refractivity contribution in [2.75, 3.05) is 23.3 Å². The van der Waals surface area contributed by atoms with E-state index in [1.807, 2.05) is 26.0 Å². The summed E-state index contributed by atoms with van der Waals surface area (Å²) in [5, 5.41) is 2.77. The molecule has 1 amide bonds. The average molecular weight is 517 g/mol. The molecule has 3 aromatic rings. The summed E-state index contributed by atoms with van der Waals surface area (Å²) in [5.74, 6) is -0.0945. The van der Waals surface area contributed by atoms with Crippen LogP contribution in [0.3, 0.4) is 0 Å². The number of aryl methyl sites for hydroxylation is 2. The van der Waals surface area contributed by atoms with Gasteiger partial charge >= 0.3 is 0 Å². The predicted octanol–water partition coefficient (Wildman–Crippen LogP) is 5.16. The fraction of sp³-hybridized carbons (Fsp3) is 0.208. The second-order valence-corrected chi connectivity index (χ2v) is 9.93. The number of anilines is 2. The molecule has 0 heterocycles. The van der Waals surface area contributed by atoms with Crippen molar-refractivity contribution >= 4 is 43.2 Å². The summed E-state index contributed by atoms with van der Waals surface area (Å²) in [6, 6.07) is 19.0. The predicted molar refractivity (Wildman–Crippen MR) is 131 cm³/mol. The van der Waals surface area contributed by atoms with Gasteiger partial charge in [-0.05, 0) is 71.2 Å². The van der Waals surface area contributed by atoms with Gasteiger partial charge in [0.15, 0.2) is 0 Å². The lowest BCUT2D eigenvalue weighted by Gasteiger charge is -2.26. The smallest absolute Gasteiger partial charge is 0.264 e. The monoisotopic (exact) mass is 516 g/mol. The van der Waals surface area contributed by atoms with Crippen LogP contribution in [0.1, 0.15) is 18.1 Å². The van der Waals surface area contributed by atoms with Crippen molar-refractivity contribution in [1.82, 2.24) is 0 Å². The van der Waals surface area contributed by atoms with E-state index in [2.05, 4.69) is 21.2 Å². The number of hydrogen-bond acceptors (Lipinski definition) is 4. The minimum atomic E-state index is -4.04. The molecule has 168 valence electrons. The first kappa shape index (κ1) is 23.8. The molecule has 3 aromatic carbocycles. The molecule has 0 fully saturated rings. The summed E-state index contributed by atoms with van der Waals surface area (Å²) in [4.78, 5) is 13.0. The molecule has 3 rings (SSSR count). The molecule has 0 atom stereocenters. The summed E-state index contributed by atoms with van der Waals surface area (Å²) in [6.45, 7) is 3.46. The minimum absolute atomic E-state index is 0.0958. The van der Waals surface area contributed by atoms with Crippen molar-refractivity contribution in [2.45, 2.75) is 25.2 Å². The van der Waals surface area contributed by atoms with Gasteiger partial charge < -0.3 is 10.1 Å². The van der Waals surface area contributed by atoms with E-state index in [-0.39, 0.29) is 4.90 Å². The van der Waals surface area contributed by atoms with E-state index in [1.165, 1.54) is 19.2 Å². The molecule has 8 heteroatoms. The fourth-order valence-corrected chi connectivity index (χ4v) is 4.98. The van der Waals surface area contributed by atoms with Crippen LogP contribution in [-0.2, 0) is 21.2 Å². The van der Waals surface area contributed by atoms with Gasteiger partial charge in [0.2, 0.25) is 5.91 Å². The summed E-state index contributed by atoms with van der Waals surface area (Å²) >= 11 is 3.39. The molecule has 0 aliphatic rings. The number of sulfonamides is 1. The van der Waals surface area contributed by atoms with E-state index >= 15 is 0 Å². The Bertz CT molecular complexity index is 1210. The molecular weight excluding hydrogens is 492 g/mol. The second kappa shape index (κ2) is 10.2. The molecule has 0 spiro atoms. The molecule has 0 aromatic heterocycles. The zero-order valence-corrected chi connectivity index (χ0v) is 20.5. The van der Waals surface area contributed by atoms with Gasteiger partial charge in [0, 0.05) is 4.47 Å². The SMILES string of the molecule is CCc1ccc(N(CC(=O)Nc2ccccc2Br)S(=O)(=O)c2ccc(C)cc2)c(OC)c1. The Morgan fingerprint density at radius 1 is 1.06 bits per heavy atom. The third kappa shape index (κ3) is 5.31. The molecule has 0 unspecified atom stereocenters. The number of hydrogen-bond donors (Lipinski definition) is 1. The van der Waals surface area contributed by atoms with E-state index in [9.17, 15) is 13.2 Å². The molecule has 0 saturated carbocycles. The van der Waals surface area contributed by atoms with Gasteiger partial charge in [-0.1, -0.05) is 42.8 Å². The van der Waals surface area contributed by atoms with Crippen LogP contribution in [0.5, 0.6) is 5.75 Å². The van der Waals surface area contributed by atoms with Crippen molar-refractivity contribution in [3.63, 3.8) is 0 Å². The quantitative estimate of drug-likeness (QED) is 0.448. The summed E-state index contributed by atoms with van der Waals surface area (Å²) in [7, 11) is -2.56. The first-order valence-corrected chi connectivity index (χ1v) is 12.3. The van der Waals surface area contributed by atoms with Crippen LogP contribution in [0.15, 0.2) is 76.1 Å². The number of carbonyl (C=O) groups excluding carboxylic acids is 1. The van der Waals surface area contributed by atoms with Crippen LogP contribution in [0.4, 0.5) is 11.4 Å². The maximum Gasteiger partial charge on any atom is 0.264 e. The van der Waals surface area contributed by atoms with Gasteiger partial charge in [0.25, 0.3) is 10.0 Å². The third-order valence-electron chi connectivity index (χ3n) is 4.97. The van der Waals surface area contributed by atoms with E-state index in [1.54, 1.807) is 42.5 Å². The van der Waals surface area contributed by atoms with Crippen LogP contribution >= 0.6 is 15.9 Å². The van der Waals surface area contributed by atoms with Crippen molar-refractivity contribution in [3.8, 4) is 5.75 Å². The van der Waals surface area contributed by atoms with Crippen LogP contribution < -0.4 is 14.4 Å². The number of amides is 1. The molecule has 0 bridgehead atoms. The highest BCUT2D eigenvalue weighted by Crippen LogP contribution is 2.34. The standard InChI is InChI=1S/C24H25BrN2O4S/c1-4-18-11-14-22(23(15-18)31-3)27(32(29,30)19-12-9-17(2)10-13-19)16-24(28)26-21-8-6-5-7-20(21)25/h5-15H,4,16H2,1-3H3,(H,26,28). The van der Waals surface area contributed by atoms with Crippen LogP contribution in [0, 0.1) is 6.92 Å². The number of carbonyl (C=O) groups is 1. The Morgan fingerprint density at radius 2 is 1.75 bits per heavy atom. The highest BCUT2D eigenvalue weighted by Gasteiger charge is 2.29. The average Bonchev–Trinajstić information content (AvgIpc) is 2.79. The molecule has 0 aliphatic carbocycles. The number of halogens is 1. The summed E-state index contributed by atoms with van der Waals surface area (Å²) in [6.07, 6.45) is 0.768. The Kier molecular flexibility index (Phi) is 7.58. The lowest BCUT2D eigenvalue weighted by Crippen LogP contribution is -2.38. The molecule has 0 saturated heterocycles. The number of para-hydroxylation sites is 1. The number of nitrogens with one attached hydrogen (secondary N) is 1. The van der Waals surface area contributed by atoms with E-state index in [0.29, 0.717) is 21.6 Å². The minimum Gasteiger partial charge on any atom is -0.495 e. The van der Waals surface area contributed by atoms with E-state index in [0.717, 1.165) is 21.9 Å². The molecule has 0 aliphatic heterocycles. The van der Waals surface area contributed by atoms with Gasteiger partial charge in [0.1, 0.15) is 12.3 Å². The second-order valence-electron chi connectivity index (χ2n) is 7.21. The topological polar surface area (TPSA) is 75.7 Å². The van der Waals surface area contributed by atoms with Gasteiger partial charge in [-0.15, -0.1) is 0 Å². The highest BCUT2D eigenvalue weighted by atomic mass is 79.9. The van der Waals surface area contributed by atoms with E-state index in [4.69, 9.17) is 4.74 Å². The lowest BCUT2D eigenvalue weighted by molar-refractivity contribution is -0.114. The Morgan fingerprint density at radius 3 is 2.38 bits per heavy atom. The van der Waals surface area contributed by atoms with Crippen molar-refractivity contribution in [1.29, 1.82) is 0 Å². The molecule has 0 radical (unpaired) electrons. The van der Waals surface area contributed by atoms with Crippen LogP contribution in [0.25, 0.3) is 0 Å². The van der Waals surface area contributed by atoms with Gasteiger partial charge in [-0.3, -0.25) is 9.10 Å². The lowest BCUT2D eigenvalue weighted by atomic mass is 10.1. The maximum atomic E-state index is 13.6. The molecule has 1 N–H and O–H groups in total.